The highest BCUT2D eigenvalue weighted by Gasteiger charge is 2.22. The molecule has 0 aliphatic carbocycles. The highest BCUT2D eigenvalue weighted by atomic mass is 127. The minimum absolute atomic E-state index is 0. The number of aliphatic imine (C=N–C) groups is 1. The molecule has 0 radical (unpaired) electrons. The van der Waals surface area contributed by atoms with Crippen LogP contribution in [0.25, 0.3) is 0 Å². The first-order valence-electron chi connectivity index (χ1n) is 8.28. The van der Waals surface area contributed by atoms with Crippen molar-refractivity contribution in [2.45, 2.75) is 59.4 Å². The van der Waals surface area contributed by atoms with Crippen LogP contribution in [-0.4, -0.2) is 43.1 Å². The summed E-state index contributed by atoms with van der Waals surface area (Å²) in [7, 11) is 0. The molecular formula is C16H35IN4. The number of halogens is 1. The van der Waals surface area contributed by atoms with Crippen LogP contribution >= 0.6 is 24.0 Å². The summed E-state index contributed by atoms with van der Waals surface area (Å²) in [5, 5.41) is 3.32. The van der Waals surface area contributed by atoms with Crippen LogP contribution in [0, 0.1) is 11.8 Å². The smallest absolute Gasteiger partial charge is 0.188 e. The average molecular weight is 410 g/mol. The van der Waals surface area contributed by atoms with Gasteiger partial charge in [-0.2, -0.15) is 0 Å². The Kier molecular flexibility index (Phi) is 11.5. The lowest BCUT2D eigenvalue weighted by molar-refractivity contribution is 0.161. The summed E-state index contributed by atoms with van der Waals surface area (Å²) < 4.78 is 0. The molecule has 0 aromatic rings. The minimum Gasteiger partial charge on any atom is -0.370 e. The summed E-state index contributed by atoms with van der Waals surface area (Å²) in [5.74, 6) is 1.79. The fourth-order valence-corrected chi connectivity index (χ4v) is 2.76. The van der Waals surface area contributed by atoms with Gasteiger partial charge in [-0.15, -0.1) is 24.0 Å². The summed E-state index contributed by atoms with van der Waals surface area (Å²) in [5.41, 5.74) is 5.95. The Hall–Kier alpha value is -0.0400. The molecule has 1 saturated heterocycles. The Balaban J connectivity index is 0.00000400. The van der Waals surface area contributed by atoms with Gasteiger partial charge in [0.05, 0.1) is 0 Å². The Morgan fingerprint density at radius 2 is 1.67 bits per heavy atom. The Morgan fingerprint density at radius 3 is 2.14 bits per heavy atom. The van der Waals surface area contributed by atoms with Crippen LogP contribution in [0.2, 0.25) is 0 Å². The molecular weight excluding hydrogens is 375 g/mol. The quantitative estimate of drug-likeness (QED) is 0.402. The van der Waals surface area contributed by atoms with Crippen molar-refractivity contribution < 1.29 is 0 Å². The number of likely N-dealkylation sites (tertiary alicyclic amines) is 1. The van der Waals surface area contributed by atoms with Gasteiger partial charge in [-0.25, -0.2) is 0 Å². The molecule has 1 aliphatic rings. The number of guanidine groups is 1. The Bertz CT molecular complexity index is 284. The third-order valence-electron chi connectivity index (χ3n) is 4.00. The van der Waals surface area contributed by atoms with Gasteiger partial charge in [0.25, 0.3) is 0 Å². The summed E-state index contributed by atoms with van der Waals surface area (Å²) in [4.78, 5) is 7.02. The van der Waals surface area contributed by atoms with Crippen LogP contribution in [0.3, 0.4) is 0 Å². The molecule has 1 atom stereocenters. The molecule has 0 amide bonds. The zero-order valence-corrected chi connectivity index (χ0v) is 16.6. The van der Waals surface area contributed by atoms with Crippen LogP contribution in [0.15, 0.2) is 4.99 Å². The number of nitrogens with zero attached hydrogens (tertiary/aromatic N) is 2. The van der Waals surface area contributed by atoms with Gasteiger partial charge in [-0.1, -0.05) is 40.5 Å². The fraction of sp³-hybridized carbons (Fsp3) is 0.938. The van der Waals surface area contributed by atoms with Crippen molar-refractivity contribution in [3.8, 4) is 0 Å². The van der Waals surface area contributed by atoms with E-state index >= 15 is 0 Å². The lowest BCUT2D eigenvalue weighted by atomic mass is 10.0. The number of hydrogen-bond donors (Lipinski definition) is 2. The molecule has 1 unspecified atom stereocenters. The molecule has 126 valence electrons. The van der Waals surface area contributed by atoms with Gasteiger partial charge in [0.15, 0.2) is 5.96 Å². The highest BCUT2D eigenvalue weighted by molar-refractivity contribution is 14.0. The van der Waals surface area contributed by atoms with Crippen molar-refractivity contribution in [1.29, 1.82) is 0 Å². The number of hydrogen-bond acceptors (Lipinski definition) is 2. The van der Waals surface area contributed by atoms with Crippen molar-refractivity contribution in [3.05, 3.63) is 0 Å². The molecule has 0 saturated carbocycles. The van der Waals surface area contributed by atoms with Crippen molar-refractivity contribution in [2.24, 2.45) is 22.6 Å². The number of rotatable bonds is 6. The molecule has 3 N–H and O–H groups in total. The van der Waals surface area contributed by atoms with Crippen molar-refractivity contribution in [1.82, 2.24) is 10.2 Å². The summed E-state index contributed by atoms with van der Waals surface area (Å²) in [6.07, 6.45) is 5.43. The second-order valence-corrected chi connectivity index (χ2v) is 6.76. The third-order valence-corrected chi connectivity index (χ3v) is 4.00. The normalized spacial score (nSPS) is 19.2. The Labute approximate surface area is 148 Å². The van der Waals surface area contributed by atoms with Gasteiger partial charge in [0.1, 0.15) is 0 Å². The van der Waals surface area contributed by atoms with Crippen LogP contribution in [0.5, 0.6) is 0 Å². The molecule has 0 aromatic carbocycles. The van der Waals surface area contributed by atoms with Crippen LogP contribution in [0.4, 0.5) is 0 Å². The maximum atomic E-state index is 5.95. The van der Waals surface area contributed by atoms with E-state index in [0.29, 0.717) is 23.8 Å². The van der Waals surface area contributed by atoms with E-state index < -0.39 is 0 Å². The van der Waals surface area contributed by atoms with E-state index in [2.05, 4.69) is 42.9 Å². The first kappa shape index (κ1) is 21.0. The maximum absolute atomic E-state index is 5.95. The predicted octanol–water partition coefficient (Wildman–Crippen LogP) is 3.07. The van der Waals surface area contributed by atoms with Gasteiger partial charge in [-0.05, 0) is 37.8 Å². The van der Waals surface area contributed by atoms with Crippen LogP contribution in [0.1, 0.15) is 53.4 Å². The molecule has 0 spiro atoms. The van der Waals surface area contributed by atoms with Gasteiger partial charge < -0.3 is 11.1 Å². The molecule has 5 heteroatoms. The van der Waals surface area contributed by atoms with E-state index in [0.717, 1.165) is 13.1 Å². The van der Waals surface area contributed by atoms with Crippen LogP contribution in [-0.2, 0) is 0 Å². The van der Waals surface area contributed by atoms with E-state index in [1.54, 1.807) is 0 Å². The molecule has 1 aliphatic heterocycles. The predicted molar refractivity (Wildman–Crippen MR) is 103 cm³/mol. The Morgan fingerprint density at radius 1 is 1.10 bits per heavy atom. The van der Waals surface area contributed by atoms with Crippen molar-refractivity contribution >= 4 is 29.9 Å². The number of nitrogens with one attached hydrogen (secondary N) is 1. The standard InChI is InChI=1S/C16H34N4.HI/c1-13(2)11-18-16(17)19-12-15(14(3)4)20-9-7-5-6-8-10-20;/h13-15H,5-12H2,1-4H3,(H3,17,18,19);1H. The number of nitrogens with two attached hydrogens (primary N) is 1. The topological polar surface area (TPSA) is 53.6 Å². The highest BCUT2D eigenvalue weighted by Crippen LogP contribution is 2.16. The SMILES string of the molecule is CC(C)CN=C(N)NCC(C(C)C)N1CCCCCC1.I. The fourth-order valence-electron chi connectivity index (χ4n) is 2.76. The van der Waals surface area contributed by atoms with Crippen molar-refractivity contribution in [2.75, 3.05) is 26.2 Å². The zero-order valence-electron chi connectivity index (χ0n) is 14.3. The molecule has 4 nitrogen and oxygen atoms in total. The van der Waals surface area contributed by atoms with Gasteiger partial charge >= 0.3 is 0 Å². The van der Waals surface area contributed by atoms with E-state index in [1.807, 2.05) is 0 Å². The van der Waals surface area contributed by atoms with E-state index in [1.165, 1.54) is 38.8 Å². The van der Waals surface area contributed by atoms with Crippen LogP contribution < -0.4 is 11.1 Å². The molecule has 0 bridgehead atoms. The van der Waals surface area contributed by atoms with Gasteiger partial charge in [-0.3, -0.25) is 9.89 Å². The maximum Gasteiger partial charge on any atom is 0.188 e. The molecule has 1 rings (SSSR count). The van der Waals surface area contributed by atoms with E-state index in [4.69, 9.17) is 5.73 Å². The molecule has 1 heterocycles. The average Bonchev–Trinajstić information content (AvgIpc) is 2.65. The van der Waals surface area contributed by atoms with Crippen molar-refractivity contribution in [3.63, 3.8) is 0 Å². The zero-order chi connectivity index (χ0) is 15.0. The first-order chi connectivity index (χ1) is 9.50. The molecule has 21 heavy (non-hydrogen) atoms. The van der Waals surface area contributed by atoms with Gasteiger partial charge in [0.2, 0.25) is 0 Å². The monoisotopic (exact) mass is 410 g/mol. The first-order valence-corrected chi connectivity index (χ1v) is 8.28. The van der Waals surface area contributed by atoms with Gasteiger partial charge in [0, 0.05) is 19.1 Å². The molecule has 1 fully saturated rings. The third kappa shape index (κ3) is 8.86. The summed E-state index contributed by atoms with van der Waals surface area (Å²) in [6, 6.07) is 0.556. The van der Waals surface area contributed by atoms with E-state index in [-0.39, 0.29) is 24.0 Å². The minimum atomic E-state index is 0. The largest absolute Gasteiger partial charge is 0.370 e. The summed E-state index contributed by atoms with van der Waals surface area (Å²) in [6.45, 7) is 13.1. The second kappa shape index (κ2) is 11.5. The summed E-state index contributed by atoms with van der Waals surface area (Å²) >= 11 is 0. The second-order valence-electron chi connectivity index (χ2n) is 6.76. The lowest BCUT2D eigenvalue weighted by Gasteiger charge is -2.33. The molecule has 0 aromatic heterocycles. The van der Waals surface area contributed by atoms with E-state index in [9.17, 15) is 0 Å². The lowest BCUT2D eigenvalue weighted by Crippen LogP contribution is -2.48.